The van der Waals surface area contributed by atoms with E-state index in [-0.39, 0.29) is 11.5 Å². The first kappa shape index (κ1) is 16.6. The molecule has 0 radical (unpaired) electrons. The van der Waals surface area contributed by atoms with E-state index in [1.54, 1.807) is 30.3 Å². The fourth-order valence-corrected chi connectivity index (χ4v) is 3.87. The third kappa shape index (κ3) is 3.18. The van der Waals surface area contributed by atoms with E-state index in [9.17, 15) is 4.79 Å². The normalized spacial score (nSPS) is 11.2. The van der Waals surface area contributed by atoms with E-state index in [1.165, 1.54) is 11.3 Å². The second-order valence-electron chi connectivity index (χ2n) is 5.29. The van der Waals surface area contributed by atoms with Crippen molar-refractivity contribution in [2.24, 2.45) is 0 Å². The van der Waals surface area contributed by atoms with Gasteiger partial charge in [-0.15, -0.1) is 11.3 Å². The second kappa shape index (κ2) is 6.46. The van der Waals surface area contributed by atoms with Crippen LogP contribution in [0.25, 0.3) is 22.2 Å². The van der Waals surface area contributed by atoms with Gasteiger partial charge in [0.2, 0.25) is 0 Å². The molecule has 4 rings (SSSR count). The molecule has 4 aromatic rings. The van der Waals surface area contributed by atoms with Gasteiger partial charge in [-0.2, -0.15) is 0 Å². The van der Waals surface area contributed by atoms with Crippen molar-refractivity contribution in [2.75, 3.05) is 0 Å². The number of carbonyl (C=O) groups excluding carboxylic acids is 1. The van der Waals surface area contributed by atoms with Gasteiger partial charge in [0, 0.05) is 26.4 Å². The summed E-state index contributed by atoms with van der Waals surface area (Å²) in [7, 11) is 0. The number of halogens is 3. The molecule has 0 amide bonds. The lowest BCUT2D eigenvalue weighted by molar-refractivity contribution is 0.101. The molecule has 0 saturated heterocycles. The largest absolute Gasteiger partial charge is 0.451 e. The maximum Gasteiger partial charge on any atom is 0.256 e. The molecule has 2 heterocycles. The Labute approximate surface area is 161 Å². The molecule has 124 valence electrons. The third-order valence-electron chi connectivity index (χ3n) is 3.60. The van der Waals surface area contributed by atoms with Gasteiger partial charge in [-0.05, 0) is 30.3 Å². The number of fused-ring (bicyclic) bond motifs is 1. The van der Waals surface area contributed by atoms with Crippen LogP contribution in [0.1, 0.15) is 15.6 Å². The van der Waals surface area contributed by atoms with Gasteiger partial charge in [0.05, 0.1) is 10.7 Å². The molecule has 7 heteroatoms. The predicted molar refractivity (Wildman–Crippen MR) is 102 cm³/mol. The fraction of sp³-hybridized carbons (Fsp3) is 0. The average molecular weight is 409 g/mol. The number of benzene rings is 2. The van der Waals surface area contributed by atoms with Gasteiger partial charge >= 0.3 is 0 Å². The Hall–Kier alpha value is -1.85. The molecule has 0 spiro atoms. The van der Waals surface area contributed by atoms with Gasteiger partial charge in [0.15, 0.2) is 16.4 Å². The molecule has 2 aromatic carbocycles. The van der Waals surface area contributed by atoms with E-state index >= 15 is 0 Å². The molecule has 0 saturated carbocycles. The summed E-state index contributed by atoms with van der Waals surface area (Å²) in [4.78, 5) is 17.1. The quantitative estimate of drug-likeness (QED) is 0.352. The average Bonchev–Trinajstić information content (AvgIpc) is 3.22. The lowest BCUT2D eigenvalue weighted by atomic mass is 10.2. The highest BCUT2D eigenvalue weighted by molar-refractivity contribution is 7.12. The Balaban J connectivity index is 1.70. The Bertz CT molecular complexity index is 1100. The van der Waals surface area contributed by atoms with Crippen LogP contribution in [-0.4, -0.2) is 10.8 Å². The number of hydrogen-bond acceptors (Lipinski definition) is 4. The van der Waals surface area contributed by atoms with Gasteiger partial charge in [-0.25, -0.2) is 4.98 Å². The number of furan rings is 1. The van der Waals surface area contributed by atoms with Crippen LogP contribution in [-0.2, 0) is 0 Å². The lowest BCUT2D eigenvalue weighted by Crippen LogP contribution is -1.98. The van der Waals surface area contributed by atoms with E-state index in [1.807, 2.05) is 17.5 Å². The zero-order valence-corrected chi connectivity index (χ0v) is 15.5. The molecule has 0 unspecified atom stereocenters. The van der Waals surface area contributed by atoms with Crippen LogP contribution in [0.3, 0.4) is 0 Å². The van der Waals surface area contributed by atoms with E-state index in [4.69, 9.17) is 39.2 Å². The summed E-state index contributed by atoms with van der Waals surface area (Å²) in [5.41, 5.74) is 2.03. The van der Waals surface area contributed by atoms with Crippen LogP contribution >= 0.6 is 46.1 Å². The standard InChI is InChI=1S/C18H8Cl3NO2S/c19-11-3-1-9(2-4-11)14-8-25-18(22-14)16(23)15-6-10-5-12(20)7-13(21)17(10)24-15/h1-8H. The van der Waals surface area contributed by atoms with Crippen LogP contribution in [0.5, 0.6) is 0 Å². The maximum atomic E-state index is 12.7. The smallest absolute Gasteiger partial charge is 0.256 e. The van der Waals surface area contributed by atoms with Crippen LogP contribution in [0.4, 0.5) is 0 Å². The van der Waals surface area contributed by atoms with Gasteiger partial charge in [-0.1, -0.05) is 46.9 Å². The molecular weight excluding hydrogens is 401 g/mol. The van der Waals surface area contributed by atoms with Crippen molar-refractivity contribution in [3.63, 3.8) is 0 Å². The van der Waals surface area contributed by atoms with Gasteiger partial charge in [0.1, 0.15) is 0 Å². The monoisotopic (exact) mass is 407 g/mol. The van der Waals surface area contributed by atoms with Crippen molar-refractivity contribution in [1.82, 2.24) is 4.98 Å². The Morgan fingerprint density at radius 1 is 1.00 bits per heavy atom. The summed E-state index contributed by atoms with van der Waals surface area (Å²) in [6.07, 6.45) is 0. The number of hydrogen-bond donors (Lipinski definition) is 0. The minimum Gasteiger partial charge on any atom is -0.451 e. The topological polar surface area (TPSA) is 43.1 Å². The zero-order valence-electron chi connectivity index (χ0n) is 12.4. The van der Waals surface area contributed by atoms with Crippen molar-refractivity contribution >= 4 is 62.9 Å². The number of rotatable bonds is 3. The van der Waals surface area contributed by atoms with Crippen molar-refractivity contribution in [1.29, 1.82) is 0 Å². The van der Waals surface area contributed by atoms with Crippen molar-refractivity contribution in [3.8, 4) is 11.3 Å². The van der Waals surface area contributed by atoms with Crippen LogP contribution < -0.4 is 0 Å². The van der Waals surface area contributed by atoms with Gasteiger partial charge < -0.3 is 4.42 Å². The maximum absolute atomic E-state index is 12.7. The molecule has 0 aliphatic rings. The second-order valence-corrected chi connectivity index (χ2v) is 7.43. The number of carbonyl (C=O) groups is 1. The van der Waals surface area contributed by atoms with E-state index in [2.05, 4.69) is 4.98 Å². The van der Waals surface area contributed by atoms with Gasteiger partial charge in [0.25, 0.3) is 5.78 Å². The van der Waals surface area contributed by atoms with Crippen LogP contribution in [0, 0.1) is 0 Å². The molecule has 0 aliphatic carbocycles. The number of thiazole rings is 1. The highest BCUT2D eigenvalue weighted by atomic mass is 35.5. The SMILES string of the molecule is O=C(c1cc2cc(Cl)cc(Cl)c2o1)c1nc(-c2ccc(Cl)cc2)cs1. The molecule has 0 bridgehead atoms. The lowest BCUT2D eigenvalue weighted by Gasteiger charge is -1.96. The molecule has 25 heavy (non-hydrogen) atoms. The van der Waals surface area contributed by atoms with Crippen LogP contribution in [0.15, 0.2) is 52.3 Å². The fourth-order valence-electron chi connectivity index (χ4n) is 2.42. The molecule has 0 atom stereocenters. The minimum atomic E-state index is -0.298. The van der Waals surface area contributed by atoms with Crippen molar-refractivity contribution in [2.45, 2.75) is 0 Å². The highest BCUT2D eigenvalue weighted by Crippen LogP contribution is 2.32. The van der Waals surface area contributed by atoms with Crippen molar-refractivity contribution in [3.05, 3.63) is 73.7 Å². The molecular formula is C18H8Cl3NO2S. The van der Waals surface area contributed by atoms with Gasteiger partial charge in [-0.3, -0.25) is 4.79 Å². The molecule has 0 fully saturated rings. The van der Waals surface area contributed by atoms with E-state index < -0.39 is 0 Å². The first-order valence-corrected chi connectivity index (χ1v) is 9.17. The zero-order chi connectivity index (χ0) is 17.6. The molecule has 2 aromatic heterocycles. The Morgan fingerprint density at radius 3 is 2.52 bits per heavy atom. The molecule has 0 aliphatic heterocycles. The predicted octanol–water partition coefficient (Wildman–Crippen LogP) is 6.75. The summed E-state index contributed by atoms with van der Waals surface area (Å²) in [6, 6.07) is 12.2. The summed E-state index contributed by atoms with van der Waals surface area (Å²) >= 11 is 19.2. The minimum absolute atomic E-state index is 0.177. The first-order valence-electron chi connectivity index (χ1n) is 7.16. The number of ketones is 1. The van der Waals surface area contributed by atoms with Crippen LogP contribution in [0.2, 0.25) is 15.1 Å². The Kier molecular flexibility index (Phi) is 4.29. The summed E-state index contributed by atoms with van der Waals surface area (Å²) < 4.78 is 5.61. The molecule has 0 N–H and O–H groups in total. The van der Waals surface area contributed by atoms with E-state index in [0.29, 0.717) is 36.7 Å². The number of nitrogens with zero attached hydrogens (tertiary/aromatic N) is 1. The third-order valence-corrected chi connectivity index (χ3v) is 5.19. The highest BCUT2D eigenvalue weighted by Gasteiger charge is 2.20. The summed E-state index contributed by atoms with van der Waals surface area (Å²) in [5.74, 6) is -0.121. The van der Waals surface area contributed by atoms with E-state index in [0.717, 1.165) is 5.56 Å². The first-order chi connectivity index (χ1) is 12.0. The Morgan fingerprint density at radius 2 is 1.76 bits per heavy atom. The summed E-state index contributed by atoms with van der Waals surface area (Å²) in [5, 5.41) is 4.33. The number of aromatic nitrogens is 1. The molecule has 3 nitrogen and oxygen atoms in total. The summed E-state index contributed by atoms with van der Waals surface area (Å²) in [6.45, 7) is 0. The van der Waals surface area contributed by atoms with Crippen molar-refractivity contribution < 1.29 is 9.21 Å².